The van der Waals surface area contributed by atoms with Crippen LogP contribution in [0.4, 0.5) is 11.4 Å². The molecule has 2 aliphatic rings. The van der Waals surface area contributed by atoms with Crippen LogP contribution in [0.15, 0.2) is 71.5 Å². The molecule has 0 spiro atoms. The van der Waals surface area contributed by atoms with Crippen molar-refractivity contribution in [2.24, 2.45) is 0 Å². The van der Waals surface area contributed by atoms with Crippen molar-refractivity contribution in [1.82, 2.24) is 14.5 Å². The molecule has 0 saturated carbocycles. The van der Waals surface area contributed by atoms with Crippen molar-refractivity contribution in [2.45, 2.75) is 33.0 Å². The van der Waals surface area contributed by atoms with Crippen LogP contribution in [-0.4, -0.2) is 47.2 Å². The lowest BCUT2D eigenvalue weighted by Crippen LogP contribution is -2.47. The average molecular weight is 570 g/mol. The van der Waals surface area contributed by atoms with E-state index in [0.29, 0.717) is 6.54 Å². The van der Waals surface area contributed by atoms with E-state index in [1.807, 2.05) is 28.8 Å². The summed E-state index contributed by atoms with van der Waals surface area (Å²) in [5.41, 5.74) is 3.71. The summed E-state index contributed by atoms with van der Waals surface area (Å²) in [6.07, 6.45) is 0.750. The highest BCUT2D eigenvalue weighted by Crippen LogP contribution is 2.37. The molecule has 0 atom stereocenters. The molecule has 2 aliphatic heterocycles. The highest BCUT2D eigenvalue weighted by Gasteiger charge is 2.28. The fourth-order valence-electron chi connectivity index (χ4n) is 6.21. The summed E-state index contributed by atoms with van der Waals surface area (Å²) in [5.74, 6) is 0.890. The number of rotatable bonds is 6. The minimum absolute atomic E-state index is 0.117. The lowest BCUT2D eigenvalue weighted by Gasteiger charge is -2.36. The number of anilines is 2. The van der Waals surface area contributed by atoms with Crippen molar-refractivity contribution < 1.29 is 0 Å². The van der Waals surface area contributed by atoms with Gasteiger partial charge in [0.15, 0.2) is 0 Å². The fraction of sp³-hybridized carbons (Fsp3) is 0.312. The molecule has 0 radical (unpaired) electrons. The zero-order valence-corrected chi connectivity index (χ0v) is 24.2. The Morgan fingerprint density at radius 2 is 1.65 bits per heavy atom. The first-order valence-electron chi connectivity index (χ1n) is 14.1. The molecule has 3 aromatic carbocycles. The molecule has 8 heteroatoms. The number of piperazine rings is 1. The maximum atomic E-state index is 13.9. The Morgan fingerprint density at radius 1 is 0.875 bits per heavy atom. The molecule has 40 heavy (non-hydrogen) atoms. The van der Waals surface area contributed by atoms with Crippen LogP contribution >= 0.6 is 22.9 Å². The van der Waals surface area contributed by atoms with E-state index in [4.69, 9.17) is 16.6 Å². The van der Waals surface area contributed by atoms with Gasteiger partial charge >= 0.3 is 0 Å². The summed E-state index contributed by atoms with van der Waals surface area (Å²) in [4.78, 5) is 28.3. The van der Waals surface area contributed by atoms with E-state index in [2.05, 4.69) is 64.1 Å². The van der Waals surface area contributed by atoms with Crippen molar-refractivity contribution in [3.05, 3.63) is 98.4 Å². The first kappa shape index (κ1) is 25.6. The monoisotopic (exact) mass is 569 g/mol. The number of hydrogen-bond donors (Lipinski definition) is 0. The SMILES string of the molecule is CCc1nc2sc3c(c2c(=O)n1CCN1CCN(c2cccc4ccccc24)CC1)CN(c1ccc(Cl)cc1)C3. The Hall–Kier alpha value is -3.39. The third-order valence-corrected chi connectivity index (χ3v) is 9.75. The van der Waals surface area contributed by atoms with Crippen molar-refractivity contribution in [3.63, 3.8) is 0 Å². The Labute approximate surface area is 243 Å². The van der Waals surface area contributed by atoms with Crippen LogP contribution in [0.1, 0.15) is 23.2 Å². The van der Waals surface area contributed by atoms with Gasteiger partial charge < -0.3 is 9.80 Å². The quantitative estimate of drug-likeness (QED) is 0.245. The van der Waals surface area contributed by atoms with Gasteiger partial charge in [0.05, 0.1) is 11.9 Å². The van der Waals surface area contributed by atoms with E-state index in [0.717, 1.165) is 84.5 Å². The van der Waals surface area contributed by atoms with Gasteiger partial charge in [-0.3, -0.25) is 14.3 Å². The fourth-order valence-corrected chi connectivity index (χ4v) is 7.55. The van der Waals surface area contributed by atoms with Gasteiger partial charge in [-0.2, -0.15) is 0 Å². The largest absolute Gasteiger partial charge is 0.368 e. The van der Waals surface area contributed by atoms with Gasteiger partial charge in [-0.1, -0.05) is 54.9 Å². The third-order valence-electron chi connectivity index (χ3n) is 8.38. The average Bonchev–Trinajstić information content (AvgIpc) is 3.55. The topological polar surface area (TPSA) is 44.6 Å². The molecule has 0 unspecified atom stereocenters. The van der Waals surface area contributed by atoms with Gasteiger partial charge in [0.1, 0.15) is 10.7 Å². The van der Waals surface area contributed by atoms with Gasteiger partial charge in [-0.05, 0) is 35.7 Å². The predicted octanol–water partition coefficient (Wildman–Crippen LogP) is 6.17. The van der Waals surface area contributed by atoms with Crippen molar-refractivity contribution >= 4 is 55.3 Å². The molecule has 0 bridgehead atoms. The molecule has 2 aromatic heterocycles. The third kappa shape index (κ3) is 4.56. The molecule has 5 aromatic rings. The maximum absolute atomic E-state index is 13.9. The standard InChI is InChI=1S/C32H32ClN5OS/c1-2-29-34-31-30(26-20-37(21-28(26)40-31)24-12-10-23(33)11-13-24)32(39)38(29)19-16-35-14-17-36(18-15-35)27-9-5-7-22-6-3-4-8-25(22)27/h3-13H,2,14-21H2,1H3. The van der Waals surface area contributed by atoms with Crippen LogP contribution in [-0.2, 0) is 26.1 Å². The number of hydrogen-bond acceptors (Lipinski definition) is 6. The van der Waals surface area contributed by atoms with Gasteiger partial charge in [-0.25, -0.2) is 4.98 Å². The molecule has 7 rings (SSSR count). The number of halogens is 1. The van der Waals surface area contributed by atoms with Crippen LogP contribution in [0.3, 0.4) is 0 Å². The van der Waals surface area contributed by atoms with Crippen molar-refractivity contribution in [3.8, 4) is 0 Å². The second-order valence-electron chi connectivity index (χ2n) is 10.7. The number of benzene rings is 3. The minimum atomic E-state index is 0.117. The molecule has 0 N–H and O–H groups in total. The number of aryl methyl sites for hydroxylation is 1. The van der Waals surface area contributed by atoms with Gasteiger partial charge in [0, 0.05) is 84.5 Å². The van der Waals surface area contributed by atoms with E-state index >= 15 is 0 Å². The molecular formula is C32H32ClN5OS. The maximum Gasteiger partial charge on any atom is 0.262 e. The van der Waals surface area contributed by atoms with E-state index in [1.165, 1.54) is 21.3 Å². The number of thiophene rings is 1. The highest BCUT2D eigenvalue weighted by molar-refractivity contribution is 7.18. The summed E-state index contributed by atoms with van der Waals surface area (Å²) < 4.78 is 1.94. The Morgan fingerprint density at radius 3 is 2.45 bits per heavy atom. The Kier molecular flexibility index (Phi) is 6.74. The lowest BCUT2D eigenvalue weighted by molar-refractivity contribution is 0.246. The molecule has 0 aliphatic carbocycles. The summed E-state index contributed by atoms with van der Waals surface area (Å²) in [7, 11) is 0. The van der Waals surface area contributed by atoms with E-state index in [-0.39, 0.29) is 5.56 Å². The second kappa shape index (κ2) is 10.5. The second-order valence-corrected chi connectivity index (χ2v) is 12.2. The van der Waals surface area contributed by atoms with Gasteiger partial charge in [0.25, 0.3) is 5.56 Å². The molecular weight excluding hydrogens is 538 g/mol. The number of fused-ring (bicyclic) bond motifs is 4. The minimum Gasteiger partial charge on any atom is -0.368 e. The van der Waals surface area contributed by atoms with E-state index in [9.17, 15) is 4.79 Å². The first-order chi connectivity index (χ1) is 19.6. The van der Waals surface area contributed by atoms with Crippen LogP contribution in [0.5, 0.6) is 0 Å². The number of aromatic nitrogens is 2. The predicted molar refractivity (Wildman–Crippen MR) is 167 cm³/mol. The number of nitrogens with zero attached hydrogens (tertiary/aromatic N) is 5. The molecule has 4 heterocycles. The Bertz CT molecular complexity index is 1750. The summed E-state index contributed by atoms with van der Waals surface area (Å²) in [6.45, 7) is 9.10. The normalized spacial score (nSPS) is 15.8. The smallest absolute Gasteiger partial charge is 0.262 e. The molecule has 1 fully saturated rings. The Balaban J connectivity index is 1.08. The zero-order valence-electron chi connectivity index (χ0n) is 22.6. The lowest BCUT2D eigenvalue weighted by atomic mass is 10.1. The van der Waals surface area contributed by atoms with Crippen LogP contribution < -0.4 is 15.4 Å². The summed E-state index contributed by atoms with van der Waals surface area (Å²) in [5, 5.41) is 4.15. The van der Waals surface area contributed by atoms with Gasteiger partial charge in [-0.15, -0.1) is 11.3 Å². The zero-order chi connectivity index (χ0) is 27.2. The van der Waals surface area contributed by atoms with Crippen LogP contribution in [0, 0.1) is 0 Å². The van der Waals surface area contributed by atoms with E-state index < -0.39 is 0 Å². The van der Waals surface area contributed by atoms with Crippen molar-refractivity contribution in [1.29, 1.82) is 0 Å². The molecule has 1 saturated heterocycles. The van der Waals surface area contributed by atoms with Crippen LogP contribution in [0.2, 0.25) is 5.02 Å². The summed E-state index contributed by atoms with van der Waals surface area (Å²) in [6, 6.07) is 23.1. The molecule has 6 nitrogen and oxygen atoms in total. The van der Waals surface area contributed by atoms with Crippen molar-refractivity contribution in [2.75, 3.05) is 42.5 Å². The van der Waals surface area contributed by atoms with Crippen LogP contribution in [0.25, 0.3) is 21.0 Å². The van der Waals surface area contributed by atoms with E-state index in [1.54, 1.807) is 11.3 Å². The highest BCUT2D eigenvalue weighted by atomic mass is 35.5. The first-order valence-corrected chi connectivity index (χ1v) is 15.3. The summed E-state index contributed by atoms with van der Waals surface area (Å²) >= 11 is 7.78. The molecule has 0 amide bonds. The molecule has 204 valence electrons. The van der Waals surface area contributed by atoms with Gasteiger partial charge in [0.2, 0.25) is 0 Å².